The number of benzene rings is 7. The Labute approximate surface area is 322 Å². The number of fused-ring (bicyclic) bond motifs is 12. The van der Waals surface area contributed by atoms with Crippen molar-refractivity contribution in [1.82, 2.24) is 15.0 Å². The van der Waals surface area contributed by atoms with Crippen LogP contribution in [0.4, 0.5) is 11.4 Å². The number of aromatic nitrogens is 3. The van der Waals surface area contributed by atoms with Crippen molar-refractivity contribution in [2.45, 2.75) is 5.41 Å². The number of anilines is 2. The molecule has 1 aliphatic heterocycles. The van der Waals surface area contributed by atoms with Gasteiger partial charge >= 0.3 is 0 Å². The van der Waals surface area contributed by atoms with Crippen LogP contribution in [0.5, 0.6) is 5.75 Å². The van der Waals surface area contributed by atoms with Crippen LogP contribution in [0.3, 0.4) is 0 Å². The highest BCUT2D eigenvalue weighted by atomic mass is 16.5. The van der Waals surface area contributed by atoms with Gasteiger partial charge in [0.25, 0.3) is 0 Å². The van der Waals surface area contributed by atoms with Crippen LogP contribution in [0, 0.1) is 0 Å². The van der Waals surface area contributed by atoms with Crippen LogP contribution in [0.1, 0.15) is 22.5 Å². The molecule has 3 aliphatic rings. The summed E-state index contributed by atoms with van der Waals surface area (Å²) >= 11 is 0. The van der Waals surface area contributed by atoms with Crippen LogP contribution in [0.25, 0.3) is 62.0 Å². The fraction of sp³-hybridized carbons (Fsp3) is 0.0200. The van der Waals surface area contributed by atoms with Crippen LogP contribution in [0.2, 0.25) is 0 Å². The molecule has 1 spiro atoms. The van der Waals surface area contributed by atoms with E-state index in [9.17, 15) is 0 Å². The van der Waals surface area contributed by atoms with Crippen molar-refractivity contribution in [3.8, 4) is 51.0 Å². The van der Waals surface area contributed by atoms with Crippen molar-refractivity contribution in [3.05, 3.63) is 210 Å². The van der Waals surface area contributed by atoms with E-state index in [2.05, 4.69) is 120 Å². The minimum atomic E-state index is -0.842. The Morgan fingerprint density at radius 3 is 1.66 bits per heavy atom. The van der Waals surface area contributed by atoms with Crippen LogP contribution in [-0.4, -0.2) is 15.0 Å². The molecule has 0 amide bonds. The second kappa shape index (κ2) is 11.7. The topological polar surface area (TPSA) is 64.3 Å². The van der Waals surface area contributed by atoms with Crippen LogP contribution >= 0.6 is 0 Å². The quantitative estimate of drug-likeness (QED) is 0.180. The van der Waals surface area contributed by atoms with Crippen LogP contribution < -0.4 is 9.64 Å². The van der Waals surface area contributed by atoms with E-state index in [1.54, 1.807) is 0 Å². The number of para-hydroxylation sites is 2. The smallest absolute Gasteiger partial charge is 0.164 e. The zero-order valence-corrected chi connectivity index (χ0v) is 29.9. The summed E-state index contributed by atoms with van der Waals surface area (Å²) in [6.45, 7) is 0. The SMILES string of the molecule is c1ccc(-c2nc(-c3ccccc3)nc(-c3ccc4c(c3)OC3=C(c5c(oc6ccccc56)C35c3ccccc3-c3ccccc35)N4c3ccccc3)n2)cc1. The van der Waals surface area contributed by atoms with Gasteiger partial charge in [-0.3, -0.25) is 0 Å². The summed E-state index contributed by atoms with van der Waals surface area (Å²) in [5.41, 5.74) is 11.2. The summed E-state index contributed by atoms with van der Waals surface area (Å²) in [7, 11) is 0. The molecule has 0 saturated heterocycles. The van der Waals surface area contributed by atoms with E-state index in [1.807, 2.05) is 66.7 Å². The first-order chi connectivity index (χ1) is 27.8. The maximum Gasteiger partial charge on any atom is 0.164 e. The lowest BCUT2D eigenvalue weighted by atomic mass is 9.76. The Morgan fingerprint density at radius 1 is 0.482 bits per heavy atom. The van der Waals surface area contributed by atoms with Gasteiger partial charge in [-0.2, -0.15) is 0 Å². The molecule has 2 aromatic heterocycles. The number of ether oxygens (including phenoxy) is 1. The third-order valence-corrected chi connectivity index (χ3v) is 11.3. The molecule has 262 valence electrons. The fourth-order valence-electron chi connectivity index (χ4n) is 8.93. The third-order valence-electron chi connectivity index (χ3n) is 11.3. The van der Waals surface area contributed by atoms with E-state index < -0.39 is 5.41 Å². The molecular formula is C50H30N4O2. The number of furan rings is 1. The Morgan fingerprint density at radius 2 is 1.02 bits per heavy atom. The van der Waals surface area contributed by atoms with Crippen LogP contribution in [-0.2, 0) is 5.41 Å². The molecular weight excluding hydrogens is 689 g/mol. The molecule has 0 atom stereocenters. The molecule has 0 radical (unpaired) electrons. The summed E-state index contributed by atoms with van der Waals surface area (Å²) in [4.78, 5) is 17.4. The van der Waals surface area contributed by atoms with E-state index in [0.29, 0.717) is 23.2 Å². The Hall–Kier alpha value is -7.57. The first-order valence-corrected chi connectivity index (χ1v) is 18.8. The van der Waals surface area contributed by atoms with Crippen molar-refractivity contribution >= 4 is 28.0 Å². The number of hydrogen-bond donors (Lipinski definition) is 0. The maximum absolute atomic E-state index is 7.45. The lowest BCUT2D eigenvalue weighted by Gasteiger charge is -2.37. The number of hydrogen-bond acceptors (Lipinski definition) is 6. The van der Waals surface area contributed by atoms with Gasteiger partial charge in [0.2, 0.25) is 0 Å². The average Bonchev–Trinajstić information content (AvgIpc) is 3.90. The molecule has 0 bridgehead atoms. The van der Waals surface area contributed by atoms with E-state index in [4.69, 9.17) is 24.1 Å². The normalized spacial score (nSPS) is 14.2. The predicted octanol–water partition coefficient (Wildman–Crippen LogP) is 11.8. The van der Waals surface area contributed by atoms with Gasteiger partial charge in [0.1, 0.15) is 16.8 Å². The first kappa shape index (κ1) is 30.8. The lowest BCUT2D eigenvalue weighted by Crippen LogP contribution is -2.32. The molecule has 12 rings (SSSR count). The highest BCUT2D eigenvalue weighted by Gasteiger charge is 2.60. The average molecular weight is 719 g/mol. The zero-order chi connectivity index (χ0) is 36.8. The minimum absolute atomic E-state index is 0.561. The summed E-state index contributed by atoms with van der Waals surface area (Å²) in [5.74, 6) is 4.15. The molecule has 0 unspecified atom stereocenters. The van der Waals surface area contributed by atoms with Gasteiger partial charge in [-0.25, -0.2) is 15.0 Å². The highest BCUT2D eigenvalue weighted by Crippen LogP contribution is 2.66. The molecule has 3 heterocycles. The largest absolute Gasteiger partial charge is 0.459 e. The van der Waals surface area contributed by atoms with Crippen molar-refractivity contribution in [3.63, 3.8) is 0 Å². The second-order valence-corrected chi connectivity index (χ2v) is 14.3. The van der Waals surface area contributed by atoms with Crippen molar-refractivity contribution in [1.29, 1.82) is 0 Å². The third kappa shape index (κ3) is 4.23. The zero-order valence-electron chi connectivity index (χ0n) is 29.9. The fourth-order valence-corrected chi connectivity index (χ4v) is 8.93. The Bertz CT molecular complexity index is 2960. The second-order valence-electron chi connectivity index (χ2n) is 14.3. The highest BCUT2D eigenvalue weighted by molar-refractivity contribution is 6.08. The molecule has 0 saturated carbocycles. The van der Waals surface area contributed by atoms with Gasteiger partial charge in [-0.05, 0) is 58.7 Å². The number of nitrogens with zero attached hydrogens (tertiary/aromatic N) is 4. The van der Waals surface area contributed by atoms with Gasteiger partial charge < -0.3 is 14.1 Å². The Balaban J connectivity index is 1.13. The molecule has 0 N–H and O–H groups in total. The van der Waals surface area contributed by atoms with Crippen LogP contribution in [0.15, 0.2) is 192 Å². The summed E-state index contributed by atoms with van der Waals surface area (Å²) in [6, 6.07) is 62.6. The summed E-state index contributed by atoms with van der Waals surface area (Å²) in [5, 5.41) is 1.05. The maximum atomic E-state index is 7.45. The molecule has 2 aliphatic carbocycles. The molecule has 6 nitrogen and oxygen atoms in total. The van der Waals surface area contributed by atoms with Gasteiger partial charge in [0, 0.05) is 27.8 Å². The number of rotatable bonds is 4. The molecule has 7 aromatic carbocycles. The summed E-state index contributed by atoms with van der Waals surface area (Å²) in [6.07, 6.45) is 0. The molecule has 6 heteroatoms. The van der Waals surface area contributed by atoms with E-state index in [1.165, 1.54) is 11.1 Å². The van der Waals surface area contributed by atoms with Gasteiger partial charge in [0.15, 0.2) is 29.0 Å². The molecule has 9 aromatic rings. The van der Waals surface area contributed by atoms with E-state index >= 15 is 0 Å². The van der Waals surface area contributed by atoms with Crippen molar-refractivity contribution < 1.29 is 9.15 Å². The monoisotopic (exact) mass is 718 g/mol. The summed E-state index contributed by atoms with van der Waals surface area (Å²) < 4.78 is 14.5. The molecule has 0 fully saturated rings. The van der Waals surface area contributed by atoms with E-state index in [-0.39, 0.29) is 0 Å². The lowest BCUT2D eigenvalue weighted by molar-refractivity contribution is 0.346. The number of allylic oxidation sites excluding steroid dienone is 1. The Kier molecular flexibility index (Phi) is 6.45. The van der Waals surface area contributed by atoms with Crippen molar-refractivity contribution in [2.24, 2.45) is 0 Å². The van der Waals surface area contributed by atoms with Gasteiger partial charge in [0.05, 0.1) is 16.9 Å². The predicted molar refractivity (Wildman–Crippen MR) is 220 cm³/mol. The van der Waals surface area contributed by atoms with Gasteiger partial charge in [-0.1, -0.05) is 146 Å². The first-order valence-electron chi connectivity index (χ1n) is 18.8. The standard InChI is InChI=1S/C50H30N4O2/c1-4-16-31(17-5-1)47-51-48(32-18-6-2-7-19-32)53-49(52-47)33-28-29-40-42(30-33)56-46-44(54(40)34-20-8-3-9-21-34)43-37-24-12-15-27-41(37)55-45(43)50(46)38-25-13-10-22-35(38)36-23-11-14-26-39(36)50/h1-30H. The van der Waals surface area contributed by atoms with E-state index in [0.717, 1.165) is 72.9 Å². The molecule has 56 heavy (non-hydrogen) atoms. The van der Waals surface area contributed by atoms with Crippen molar-refractivity contribution in [2.75, 3.05) is 4.90 Å². The van der Waals surface area contributed by atoms with Gasteiger partial charge in [-0.15, -0.1) is 0 Å². The minimum Gasteiger partial charge on any atom is -0.459 e.